The van der Waals surface area contributed by atoms with Gasteiger partial charge in [-0.15, -0.1) is 0 Å². The van der Waals surface area contributed by atoms with Gasteiger partial charge in [0.1, 0.15) is 11.8 Å². The van der Waals surface area contributed by atoms with Crippen LogP contribution < -0.4 is 4.74 Å². The Bertz CT molecular complexity index is 636. The molecule has 0 amide bonds. The molecule has 1 aromatic rings. The number of hydrogen-bond donors (Lipinski definition) is 1. The number of carboxylic acids is 1. The van der Waals surface area contributed by atoms with Gasteiger partial charge in [0.25, 0.3) is 0 Å². The molecule has 0 saturated carbocycles. The van der Waals surface area contributed by atoms with E-state index in [4.69, 9.17) is 9.84 Å². The monoisotopic (exact) mass is 342 g/mol. The predicted molar refractivity (Wildman–Crippen MR) is 85.0 cm³/mol. The van der Waals surface area contributed by atoms with Crippen LogP contribution >= 0.6 is 0 Å². The molecule has 0 spiro atoms. The fraction of sp³-hybridized carbons (Fsp3) is 0.533. The van der Waals surface area contributed by atoms with Crippen LogP contribution in [0.2, 0.25) is 0 Å². The molecule has 1 saturated heterocycles. The molecule has 1 aromatic carbocycles. The van der Waals surface area contributed by atoms with Crippen molar-refractivity contribution in [2.45, 2.75) is 24.8 Å². The fourth-order valence-corrected chi connectivity index (χ4v) is 3.93. The number of piperazine rings is 1. The molecule has 0 bridgehead atoms. The molecule has 0 unspecified atom stereocenters. The van der Waals surface area contributed by atoms with Crippen molar-refractivity contribution in [2.75, 3.05) is 32.8 Å². The van der Waals surface area contributed by atoms with Crippen LogP contribution in [0.25, 0.3) is 0 Å². The normalized spacial score (nSPS) is 18.5. The van der Waals surface area contributed by atoms with Gasteiger partial charge in [0, 0.05) is 26.2 Å². The van der Waals surface area contributed by atoms with Gasteiger partial charge in [0.05, 0.1) is 11.5 Å². The van der Waals surface area contributed by atoms with E-state index < -0.39 is 22.0 Å². The molecule has 0 aliphatic carbocycles. The van der Waals surface area contributed by atoms with E-state index in [0.717, 1.165) is 0 Å². The maximum Gasteiger partial charge on any atom is 0.320 e. The number of rotatable bonds is 6. The zero-order chi connectivity index (χ0) is 17.0. The van der Waals surface area contributed by atoms with Crippen LogP contribution in [0.4, 0.5) is 0 Å². The Morgan fingerprint density at radius 1 is 1.22 bits per heavy atom. The minimum absolute atomic E-state index is 0.223. The van der Waals surface area contributed by atoms with Gasteiger partial charge in [-0.25, -0.2) is 8.42 Å². The van der Waals surface area contributed by atoms with Crippen LogP contribution in [0.1, 0.15) is 13.8 Å². The molecule has 1 aliphatic rings. The van der Waals surface area contributed by atoms with Gasteiger partial charge in [-0.1, -0.05) is 0 Å². The highest BCUT2D eigenvalue weighted by atomic mass is 32.2. The highest BCUT2D eigenvalue weighted by Gasteiger charge is 2.31. The van der Waals surface area contributed by atoms with Crippen LogP contribution in [0.5, 0.6) is 5.75 Å². The van der Waals surface area contributed by atoms with Gasteiger partial charge in [0.2, 0.25) is 10.0 Å². The second-order valence-electron chi connectivity index (χ2n) is 5.36. The molecule has 7 nitrogen and oxygen atoms in total. The van der Waals surface area contributed by atoms with Gasteiger partial charge in [-0.2, -0.15) is 4.31 Å². The van der Waals surface area contributed by atoms with E-state index in [1.54, 1.807) is 24.0 Å². The molecule has 2 rings (SSSR count). The summed E-state index contributed by atoms with van der Waals surface area (Å²) in [5, 5.41) is 9.02. The molecule has 128 valence electrons. The minimum Gasteiger partial charge on any atom is -0.494 e. The molecule has 1 atom stereocenters. The van der Waals surface area contributed by atoms with Crippen molar-refractivity contribution in [3.63, 3.8) is 0 Å². The van der Waals surface area contributed by atoms with Crippen LogP contribution in [0.15, 0.2) is 29.2 Å². The van der Waals surface area contributed by atoms with E-state index in [9.17, 15) is 13.2 Å². The summed E-state index contributed by atoms with van der Waals surface area (Å²) < 4.78 is 31.9. The number of hydrogen-bond acceptors (Lipinski definition) is 5. The zero-order valence-electron chi connectivity index (χ0n) is 13.3. The fourth-order valence-electron chi connectivity index (χ4n) is 2.51. The maximum atomic E-state index is 12.6. The van der Waals surface area contributed by atoms with Crippen LogP contribution in [0, 0.1) is 0 Å². The third-order valence-electron chi connectivity index (χ3n) is 3.95. The lowest BCUT2D eigenvalue weighted by Crippen LogP contribution is -2.53. The average Bonchev–Trinajstić information content (AvgIpc) is 2.55. The first kappa shape index (κ1) is 17.7. The number of ether oxygens (including phenoxy) is 1. The third-order valence-corrected chi connectivity index (χ3v) is 5.86. The second kappa shape index (κ2) is 7.29. The Morgan fingerprint density at radius 3 is 2.26 bits per heavy atom. The van der Waals surface area contributed by atoms with Crippen molar-refractivity contribution in [3.05, 3.63) is 24.3 Å². The highest BCUT2D eigenvalue weighted by Crippen LogP contribution is 2.21. The third kappa shape index (κ3) is 4.01. The summed E-state index contributed by atoms with van der Waals surface area (Å²) >= 11 is 0. The smallest absolute Gasteiger partial charge is 0.320 e. The summed E-state index contributed by atoms with van der Waals surface area (Å²) in [5.41, 5.74) is 0. The molecule has 0 aromatic heterocycles. The number of sulfonamides is 1. The molecule has 0 radical (unpaired) electrons. The van der Waals surface area contributed by atoms with Gasteiger partial charge < -0.3 is 9.84 Å². The molecule has 1 fully saturated rings. The highest BCUT2D eigenvalue weighted by molar-refractivity contribution is 7.89. The zero-order valence-corrected chi connectivity index (χ0v) is 14.1. The summed E-state index contributed by atoms with van der Waals surface area (Å²) in [6, 6.07) is 5.74. The lowest BCUT2D eigenvalue weighted by molar-refractivity contribution is -0.143. The first-order chi connectivity index (χ1) is 10.9. The minimum atomic E-state index is -3.56. The van der Waals surface area contributed by atoms with E-state index >= 15 is 0 Å². The maximum absolute atomic E-state index is 12.6. The molecule has 8 heteroatoms. The summed E-state index contributed by atoms with van der Waals surface area (Å²) in [4.78, 5) is 13.0. The lowest BCUT2D eigenvalue weighted by Gasteiger charge is -2.35. The van der Waals surface area contributed by atoms with Crippen molar-refractivity contribution in [1.82, 2.24) is 9.21 Å². The summed E-state index contributed by atoms with van der Waals surface area (Å²) in [6.45, 7) is 5.38. The van der Waals surface area contributed by atoms with Crippen molar-refractivity contribution in [2.24, 2.45) is 0 Å². The number of carboxylic acid groups (broad SMARTS) is 1. The van der Waals surface area contributed by atoms with E-state index in [2.05, 4.69) is 0 Å². The standard InChI is InChI=1S/C15H22N2O5S/c1-3-22-13-4-6-14(7-5-13)23(20,21)17-10-8-16(9-11-17)12(2)15(18)19/h4-7,12H,3,8-11H2,1-2H3,(H,18,19)/t12-/m1/s1. The quantitative estimate of drug-likeness (QED) is 0.825. The summed E-state index contributed by atoms with van der Waals surface area (Å²) in [5.74, 6) is -0.264. The first-order valence-electron chi connectivity index (χ1n) is 7.56. The van der Waals surface area contributed by atoms with Crippen molar-refractivity contribution >= 4 is 16.0 Å². The largest absolute Gasteiger partial charge is 0.494 e. The number of aliphatic carboxylic acids is 1. The van der Waals surface area contributed by atoms with Crippen LogP contribution in [-0.4, -0.2) is 67.5 Å². The lowest BCUT2D eigenvalue weighted by atomic mass is 10.2. The molecule has 1 heterocycles. The van der Waals surface area contributed by atoms with E-state index in [-0.39, 0.29) is 18.0 Å². The Morgan fingerprint density at radius 2 is 1.78 bits per heavy atom. The van der Waals surface area contributed by atoms with E-state index in [1.165, 1.54) is 16.4 Å². The first-order valence-corrected chi connectivity index (χ1v) is 9.00. The number of carbonyl (C=O) groups is 1. The molecule has 1 N–H and O–H groups in total. The van der Waals surface area contributed by atoms with Crippen LogP contribution in [-0.2, 0) is 14.8 Å². The molecule has 1 aliphatic heterocycles. The Balaban J connectivity index is 2.05. The topological polar surface area (TPSA) is 87.2 Å². The summed E-state index contributed by atoms with van der Waals surface area (Å²) in [6.07, 6.45) is 0. The van der Waals surface area contributed by atoms with E-state index in [1.807, 2.05) is 6.92 Å². The van der Waals surface area contributed by atoms with Crippen molar-refractivity contribution in [1.29, 1.82) is 0 Å². The SMILES string of the molecule is CCOc1ccc(S(=O)(=O)N2CCN([C@H](C)C(=O)O)CC2)cc1. The van der Waals surface area contributed by atoms with Gasteiger partial charge >= 0.3 is 5.97 Å². The van der Waals surface area contributed by atoms with Gasteiger partial charge in [0.15, 0.2) is 0 Å². The summed E-state index contributed by atoms with van der Waals surface area (Å²) in [7, 11) is -3.56. The van der Waals surface area contributed by atoms with Gasteiger partial charge in [-0.05, 0) is 38.1 Å². The van der Waals surface area contributed by atoms with Gasteiger partial charge in [-0.3, -0.25) is 9.69 Å². The average molecular weight is 342 g/mol. The molecular formula is C15H22N2O5S. The van der Waals surface area contributed by atoms with E-state index in [0.29, 0.717) is 25.4 Å². The Hall–Kier alpha value is -1.64. The molecule has 23 heavy (non-hydrogen) atoms. The van der Waals surface area contributed by atoms with Crippen molar-refractivity contribution in [3.8, 4) is 5.75 Å². The molecular weight excluding hydrogens is 320 g/mol. The number of nitrogens with zero attached hydrogens (tertiary/aromatic N) is 2. The van der Waals surface area contributed by atoms with Crippen LogP contribution in [0.3, 0.4) is 0 Å². The van der Waals surface area contributed by atoms with Crippen molar-refractivity contribution < 1.29 is 23.1 Å². The predicted octanol–water partition coefficient (Wildman–Crippen LogP) is 0.865. The Labute approximate surface area is 136 Å². The Kier molecular flexibility index (Phi) is 5.61. The second-order valence-corrected chi connectivity index (χ2v) is 7.30. The number of benzene rings is 1.